The number of Topliss-reactive ketones (excluding diaryl/α,β-unsaturated/α-hetero) is 1. The van der Waals surface area contributed by atoms with E-state index >= 15 is 0 Å². The van der Waals surface area contributed by atoms with E-state index in [9.17, 15) is 4.79 Å². The van der Waals surface area contributed by atoms with Crippen molar-refractivity contribution >= 4 is 5.78 Å². The fourth-order valence-electron chi connectivity index (χ4n) is 8.23. The van der Waals surface area contributed by atoms with Gasteiger partial charge in [0.15, 0.2) is 23.4 Å². The van der Waals surface area contributed by atoms with Crippen molar-refractivity contribution in [2.45, 2.75) is 80.9 Å². The summed E-state index contributed by atoms with van der Waals surface area (Å²) in [5.74, 6) is 2.59. The molecule has 2 aromatic carbocycles. The molecule has 2 bridgehead atoms. The number of rotatable bonds is 8. The van der Waals surface area contributed by atoms with Crippen molar-refractivity contribution in [1.82, 2.24) is 4.90 Å². The van der Waals surface area contributed by atoms with Crippen LogP contribution in [0.3, 0.4) is 0 Å². The molecule has 2 heterocycles. The largest absolute Gasteiger partial charge is 0.493 e. The second-order valence-corrected chi connectivity index (χ2v) is 11.7. The third-order valence-electron chi connectivity index (χ3n) is 10.1. The van der Waals surface area contributed by atoms with E-state index in [-0.39, 0.29) is 11.8 Å². The highest BCUT2D eigenvalue weighted by Crippen LogP contribution is 2.66. The van der Waals surface area contributed by atoms with Gasteiger partial charge in [-0.3, -0.25) is 9.69 Å². The van der Waals surface area contributed by atoms with Crippen molar-refractivity contribution in [3.05, 3.63) is 59.2 Å². The molecule has 0 amide bonds. The molecule has 5 nitrogen and oxygen atoms in total. The van der Waals surface area contributed by atoms with E-state index in [2.05, 4.69) is 41.3 Å². The van der Waals surface area contributed by atoms with Gasteiger partial charge in [0.05, 0.1) is 18.1 Å². The van der Waals surface area contributed by atoms with Gasteiger partial charge < -0.3 is 14.2 Å². The van der Waals surface area contributed by atoms with E-state index in [1.54, 1.807) is 7.11 Å². The maximum atomic E-state index is 13.5. The lowest BCUT2D eigenvalue weighted by molar-refractivity contribution is -0.215. The van der Waals surface area contributed by atoms with Crippen LogP contribution in [0.15, 0.2) is 42.5 Å². The molecule has 1 spiro atoms. The summed E-state index contributed by atoms with van der Waals surface area (Å²) in [4.78, 5) is 16.2. The van der Waals surface area contributed by atoms with Gasteiger partial charge in [-0.05, 0) is 74.6 Å². The number of hydrogen-bond donors (Lipinski definition) is 0. The molecule has 0 N–H and O–H groups in total. The Labute approximate surface area is 214 Å². The minimum Gasteiger partial charge on any atom is -0.493 e. The minimum atomic E-state index is -0.459. The Morgan fingerprint density at radius 2 is 1.97 bits per heavy atom. The van der Waals surface area contributed by atoms with E-state index in [0.717, 1.165) is 62.6 Å². The Hall–Kier alpha value is -2.37. The van der Waals surface area contributed by atoms with Gasteiger partial charge in [0.1, 0.15) is 0 Å². The standard InChI is InChI=1S/C31H37NO4/c1-34-25-13-12-23-19-26-31(35-18-6-11-21-7-3-2-4-8-21)15-14-24(33)29-30(31,27(23)28(25)36-29)16-17-32(26)20-22-9-5-10-22/h2-4,7-8,12-13,22,26,29H,5-6,9-11,14-20H2,1H3/t26-,29?,30+,31-/m1/s1. The highest BCUT2D eigenvalue weighted by Gasteiger charge is 2.74. The smallest absolute Gasteiger partial charge is 0.174 e. The van der Waals surface area contributed by atoms with Crippen LogP contribution in [-0.2, 0) is 27.8 Å². The van der Waals surface area contributed by atoms with E-state index in [4.69, 9.17) is 14.2 Å². The number of carbonyl (C=O) groups is 1. The summed E-state index contributed by atoms with van der Waals surface area (Å²) >= 11 is 0. The van der Waals surface area contributed by atoms with Crippen LogP contribution >= 0.6 is 0 Å². The number of ether oxygens (including phenoxy) is 3. The Morgan fingerprint density at radius 3 is 2.75 bits per heavy atom. The molecule has 1 unspecified atom stereocenters. The summed E-state index contributed by atoms with van der Waals surface area (Å²) < 4.78 is 19.5. The first-order valence-electron chi connectivity index (χ1n) is 14.0. The first kappa shape index (κ1) is 22.8. The van der Waals surface area contributed by atoms with Crippen molar-refractivity contribution in [2.75, 3.05) is 26.8 Å². The summed E-state index contributed by atoms with van der Waals surface area (Å²) in [7, 11) is 1.70. The molecule has 7 rings (SSSR count). The van der Waals surface area contributed by atoms with Crippen LogP contribution in [0.5, 0.6) is 11.5 Å². The highest BCUT2D eigenvalue weighted by molar-refractivity contribution is 5.90. The number of benzene rings is 2. The normalized spacial score (nSPS) is 32.5. The van der Waals surface area contributed by atoms with Gasteiger partial charge in [0.2, 0.25) is 0 Å². The Balaban J connectivity index is 1.28. The van der Waals surface area contributed by atoms with E-state index < -0.39 is 17.1 Å². The number of likely N-dealkylation sites (tertiary alicyclic amines) is 1. The summed E-state index contributed by atoms with van der Waals surface area (Å²) in [6.45, 7) is 2.88. The number of carbonyl (C=O) groups excluding carboxylic acids is 1. The Bertz CT molecular complexity index is 1160. The molecule has 2 aromatic rings. The van der Waals surface area contributed by atoms with Crippen LogP contribution in [-0.4, -0.2) is 55.2 Å². The predicted molar refractivity (Wildman–Crippen MR) is 138 cm³/mol. The first-order chi connectivity index (χ1) is 17.7. The van der Waals surface area contributed by atoms with Crippen molar-refractivity contribution in [2.24, 2.45) is 5.92 Å². The van der Waals surface area contributed by atoms with Crippen LogP contribution in [0, 0.1) is 5.92 Å². The van der Waals surface area contributed by atoms with Gasteiger partial charge in [0, 0.05) is 31.2 Å². The van der Waals surface area contributed by atoms with Gasteiger partial charge in [-0.25, -0.2) is 0 Å². The lowest BCUT2D eigenvalue weighted by atomic mass is 9.48. The first-order valence-corrected chi connectivity index (χ1v) is 14.0. The monoisotopic (exact) mass is 487 g/mol. The number of ketones is 1. The van der Waals surface area contributed by atoms with Crippen LogP contribution in [0.25, 0.3) is 0 Å². The van der Waals surface area contributed by atoms with Gasteiger partial charge in [0.25, 0.3) is 0 Å². The maximum Gasteiger partial charge on any atom is 0.174 e. The second-order valence-electron chi connectivity index (χ2n) is 11.7. The molecular weight excluding hydrogens is 450 g/mol. The topological polar surface area (TPSA) is 48.0 Å². The number of hydrogen-bond acceptors (Lipinski definition) is 5. The molecule has 0 aromatic heterocycles. The number of piperidine rings is 1. The van der Waals surface area contributed by atoms with Crippen molar-refractivity contribution in [3.8, 4) is 11.5 Å². The van der Waals surface area contributed by atoms with Crippen molar-refractivity contribution < 1.29 is 19.0 Å². The third kappa shape index (κ3) is 3.11. The molecule has 2 saturated carbocycles. The van der Waals surface area contributed by atoms with Crippen LogP contribution in [0.4, 0.5) is 0 Å². The number of nitrogens with zero attached hydrogens (tertiary/aromatic N) is 1. The molecule has 3 fully saturated rings. The van der Waals surface area contributed by atoms with E-state index in [1.165, 1.54) is 36.0 Å². The quantitative estimate of drug-likeness (QED) is 0.497. The molecule has 5 heteroatoms. The molecule has 36 heavy (non-hydrogen) atoms. The fourth-order valence-corrected chi connectivity index (χ4v) is 8.23. The number of aryl methyl sites for hydroxylation is 1. The Morgan fingerprint density at radius 1 is 1.11 bits per heavy atom. The summed E-state index contributed by atoms with van der Waals surface area (Å²) in [6, 6.07) is 15.2. The lowest BCUT2D eigenvalue weighted by Crippen LogP contribution is -2.77. The second kappa shape index (κ2) is 8.59. The molecule has 0 radical (unpaired) electrons. The van der Waals surface area contributed by atoms with Gasteiger partial charge >= 0.3 is 0 Å². The van der Waals surface area contributed by atoms with Gasteiger partial charge in [-0.1, -0.05) is 42.8 Å². The van der Waals surface area contributed by atoms with Crippen LogP contribution in [0.2, 0.25) is 0 Å². The average Bonchev–Trinajstić information content (AvgIpc) is 3.23. The van der Waals surface area contributed by atoms with E-state index in [0.29, 0.717) is 13.0 Å². The highest BCUT2D eigenvalue weighted by atomic mass is 16.5. The zero-order valence-corrected chi connectivity index (χ0v) is 21.3. The fraction of sp³-hybridized carbons (Fsp3) is 0.581. The molecule has 190 valence electrons. The Kier molecular flexibility index (Phi) is 5.44. The minimum absolute atomic E-state index is 0.232. The van der Waals surface area contributed by atoms with E-state index in [1.807, 2.05) is 6.07 Å². The summed E-state index contributed by atoms with van der Waals surface area (Å²) in [5.41, 5.74) is 3.10. The summed E-state index contributed by atoms with van der Waals surface area (Å²) in [6.07, 6.45) is 8.79. The van der Waals surface area contributed by atoms with Crippen LogP contribution < -0.4 is 9.47 Å². The maximum absolute atomic E-state index is 13.5. The van der Waals surface area contributed by atoms with Crippen molar-refractivity contribution in [3.63, 3.8) is 0 Å². The molecule has 5 aliphatic rings. The molecule has 4 atom stereocenters. The third-order valence-corrected chi connectivity index (χ3v) is 10.1. The number of methoxy groups -OCH3 is 1. The average molecular weight is 488 g/mol. The zero-order valence-electron chi connectivity index (χ0n) is 21.3. The SMILES string of the molecule is COc1ccc2c3c1OC1C(=O)CC[C@@]4(OCCCc5ccccc5)[C@@H](C2)N(CC2CCC2)CC[C@]314. The van der Waals surface area contributed by atoms with Gasteiger partial charge in [-0.2, -0.15) is 0 Å². The van der Waals surface area contributed by atoms with Gasteiger partial charge in [-0.15, -0.1) is 0 Å². The predicted octanol–water partition coefficient (Wildman–Crippen LogP) is 4.88. The van der Waals surface area contributed by atoms with Crippen molar-refractivity contribution in [1.29, 1.82) is 0 Å². The zero-order chi connectivity index (χ0) is 24.3. The molecule has 2 aliphatic heterocycles. The van der Waals surface area contributed by atoms with Crippen LogP contribution in [0.1, 0.15) is 61.6 Å². The molecule has 3 aliphatic carbocycles. The summed E-state index contributed by atoms with van der Waals surface area (Å²) in [5, 5.41) is 0. The molecule has 1 saturated heterocycles. The lowest BCUT2D eigenvalue weighted by Gasteiger charge is -2.64. The molecular formula is C31H37NO4.